The average molecular weight is 378 g/mol. The third-order valence-electron chi connectivity index (χ3n) is 3.95. The number of carboxylic acids is 1. The minimum Gasteiger partial charge on any atom is -0.481 e. The fraction of sp³-hybridized carbons (Fsp3) is 0.167. The zero-order valence-electron chi connectivity index (χ0n) is 13.4. The zero-order valence-corrected chi connectivity index (χ0v) is 15.0. The van der Waals surface area contributed by atoms with Crippen molar-refractivity contribution in [1.29, 1.82) is 0 Å². The first-order chi connectivity index (χ1) is 11.8. The number of fused-ring (bicyclic) bond motifs is 1. The molecule has 0 radical (unpaired) electrons. The summed E-state index contributed by atoms with van der Waals surface area (Å²) in [5.41, 5.74) is 1.85. The van der Waals surface area contributed by atoms with Gasteiger partial charge in [0, 0.05) is 16.1 Å². The summed E-state index contributed by atoms with van der Waals surface area (Å²) in [6, 6.07) is 13.2. The van der Waals surface area contributed by atoms with Crippen molar-refractivity contribution < 1.29 is 18.3 Å². The second-order valence-corrected chi connectivity index (χ2v) is 8.04. The summed E-state index contributed by atoms with van der Waals surface area (Å²) in [7, 11) is -3.85. The number of aromatic nitrogens is 1. The summed E-state index contributed by atoms with van der Waals surface area (Å²) in [5, 5.41) is 10.1. The Morgan fingerprint density at radius 2 is 1.80 bits per heavy atom. The molecule has 0 aliphatic heterocycles. The van der Waals surface area contributed by atoms with Crippen molar-refractivity contribution in [3.05, 3.63) is 64.8 Å². The van der Waals surface area contributed by atoms with Crippen molar-refractivity contribution in [2.24, 2.45) is 0 Å². The average Bonchev–Trinajstić information content (AvgIpc) is 2.91. The molecule has 3 rings (SSSR count). The Morgan fingerprint density at radius 1 is 1.12 bits per heavy atom. The molecular formula is C18H16ClNO4S. The molecule has 0 saturated carbocycles. The van der Waals surface area contributed by atoms with Crippen molar-refractivity contribution in [3.63, 3.8) is 0 Å². The smallest absolute Gasteiger partial charge is 0.303 e. The molecule has 1 N–H and O–H groups in total. The quantitative estimate of drug-likeness (QED) is 0.732. The second-order valence-electron chi connectivity index (χ2n) is 5.82. The number of benzene rings is 2. The maximum Gasteiger partial charge on any atom is 0.303 e. The van der Waals surface area contributed by atoms with Crippen molar-refractivity contribution in [2.45, 2.75) is 24.7 Å². The Hall–Kier alpha value is -2.31. The number of hydrogen-bond donors (Lipinski definition) is 1. The van der Waals surface area contributed by atoms with Crippen LogP contribution in [0.5, 0.6) is 0 Å². The lowest BCUT2D eigenvalue weighted by atomic mass is 10.2. The molecular weight excluding hydrogens is 362 g/mol. The lowest BCUT2D eigenvalue weighted by Crippen LogP contribution is -2.16. The second kappa shape index (κ2) is 6.54. The van der Waals surface area contributed by atoms with E-state index in [1.165, 1.54) is 3.97 Å². The van der Waals surface area contributed by atoms with Gasteiger partial charge in [-0.25, -0.2) is 12.4 Å². The van der Waals surface area contributed by atoms with Gasteiger partial charge < -0.3 is 5.11 Å². The maximum atomic E-state index is 13.2. The minimum atomic E-state index is -3.85. The Kier molecular flexibility index (Phi) is 4.58. The fourth-order valence-corrected chi connectivity index (χ4v) is 4.48. The summed E-state index contributed by atoms with van der Waals surface area (Å²) in [6.07, 6.45) is -0.0554. The monoisotopic (exact) mass is 377 g/mol. The summed E-state index contributed by atoms with van der Waals surface area (Å²) >= 11 is 6.00. The molecule has 0 bridgehead atoms. The van der Waals surface area contributed by atoms with Crippen molar-refractivity contribution in [3.8, 4) is 0 Å². The van der Waals surface area contributed by atoms with Gasteiger partial charge in [0.25, 0.3) is 10.0 Å². The molecule has 0 aliphatic carbocycles. The molecule has 130 valence electrons. The molecule has 5 nitrogen and oxygen atoms in total. The van der Waals surface area contributed by atoms with Crippen LogP contribution in [0.4, 0.5) is 0 Å². The number of rotatable bonds is 5. The van der Waals surface area contributed by atoms with Gasteiger partial charge >= 0.3 is 5.97 Å². The van der Waals surface area contributed by atoms with Gasteiger partial charge in [0.1, 0.15) is 0 Å². The molecule has 2 aromatic carbocycles. The number of carboxylic acid groups (broad SMARTS) is 1. The number of aliphatic carboxylic acids is 1. The van der Waals surface area contributed by atoms with E-state index in [0.717, 1.165) is 5.56 Å². The zero-order chi connectivity index (χ0) is 18.2. The lowest BCUT2D eigenvalue weighted by molar-refractivity contribution is -0.136. The maximum absolute atomic E-state index is 13.2. The highest BCUT2D eigenvalue weighted by molar-refractivity contribution is 7.90. The molecule has 1 heterocycles. The van der Waals surface area contributed by atoms with Crippen LogP contribution in [0.1, 0.15) is 17.7 Å². The van der Waals surface area contributed by atoms with Gasteiger partial charge in [-0.15, -0.1) is 0 Å². The van der Waals surface area contributed by atoms with Crippen LogP contribution in [0.2, 0.25) is 5.02 Å². The van der Waals surface area contributed by atoms with Crippen molar-refractivity contribution in [2.75, 3.05) is 0 Å². The highest BCUT2D eigenvalue weighted by Gasteiger charge is 2.23. The lowest BCUT2D eigenvalue weighted by Gasteiger charge is -2.12. The normalized spacial score (nSPS) is 11.8. The summed E-state index contributed by atoms with van der Waals surface area (Å²) in [5.74, 6) is -0.984. The van der Waals surface area contributed by atoms with Gasteiger partial charge in [-0.2, -0.15) is 0 Å². The standard InChI is InChI=1S/C18H16ClNO4S/c1-12-2-6-16(7-3-12)25(23,24)20-15(5-9-18(21)22)11-13-10-14(19)4-8-17(13)20/h2-4,6-8,10-11H,5,9H2,1H3,(H,21,22). The Balaban J connectivity index is 2.23. The molecule has 7 heteroatoms. The summed E-state index contributed by atoms with van der Waals surface area (Å²) < 4.78 is 27.5. The van der Waals surface area contributed by atoms with Crippen LogP contribution in [0.25, 0.3) is 10.9 Å². The predicted molar refractivity (Wildman–Crippen MR) is 96.7 cm³/mol. The van der Waals surface area contributed by atoms with E-state index in [4.69, 9.17) is 16.7 Å². The van der Waals surface area contributed by atoms with E-state index in [1.54, 1.807) is 48.5 Å². The molecule has 0 aliphatic rings. The van der Waals surface area contributed by atoms with Gasteiger partial charge in [0.15, 0.2) is 0 Å². The number of aryl methyl sites for hydroxylation is 2. The van der Waals surface area contributed by atoms with E-state index in [9.17, 15) is 13.2 Å². The molecule has 0 atom stereocenters. The van der Waals surface area contributed by atoms with Gasteiger partial charge in [-0.1, -0.05) is 29.3 Å². The summed E-state index contributed by atoms with van der Waals surface area (Å²) in [6.45, 7) is 1.88. The number of halogens is 1. The van der Waals surface area contributed by atoms with Crippen LogP contribution in [0.3, 0.4) is 0 Å². The SMILES string of the molecule is Cc1ccc(S(=O)(=O)n2c(CCC(=O)O)cc3cc(Cl)ccc32)cc1. The van der Waals surface area contributed by atoms with E-state index in [-0.39, 0.29) is 17.7 Å². The largest absolute Gasteiger partial charge is 0.481 e. The fourth-order valence-electron chi connectivity index (χ4n) is 2.73. The van der Waals surface area contributed by atoms with Gasteiger partial charge in [0.2, 0.25) is 0 Å². The minimum absolute atomic E-state index is 0.104. The molecule has 1 aromatic heterocycles. The first-order valence-corrected chi connectivity index (χ1v) is 9.45. The highest BCUT2D eigenvalue weighted by atomic mass is 35.5. The molecule has 3 aromatic rings. The van der Waals surface area contributed by atoms with Crippen LogP contribution in [-0.4, -0.2) is 23.5 Å². The van der Waals surface area contributed by atoms with E-state index in [1.807, 2.05) is 6.92 Å². The highest BCUT2D eigenvalue weighted by Crippen LogP contribution is 2.28. The molecule has 0 spiro atoms. The van der Waals surface area contributed by atoms with Gasteiger partial charge in [-0.05, 0) is 49.7 Å². The van der Waals surface area contributed by atoms with E-state index in [2.05, 4.69) is 0 Å². The van der Waals surface area contributed by atoms with Crippen LogP contribution < -0.4 is 0 Å². The summed E-state index contributed by atoms with van der Waals surface area (Å²) in [4.78, 5) is 11.1. The predicted octanol–water partition coefficient (Wildman–Crippen LogP) is 3.86. The molecule has 0 saturated heterocycles. The Morgan fingerprint density at radius 3 is 2.44 bits per heavy atom. The van der Waals surface area contributed by atoms with Crippen LogP contribution in [-0.2, 0) is 21.2 Å². The van der Waals surface area contributed by atoms with Crippen molar-refractivity contribution >= 4 is 38.5 Å². The third-order valence-corrected chi connectivity index (χ3v) is 5.96. The molecule has 0 amide bonds. The number of hydrogen-bond acceptors (Lipinski definition) is 3. The molecule has 25 heavy (non-hydrogen) atoms. The third kappa shape index (κ3) is 3.41. The van der Waals surface area contributed by atoms with Gasteiger partial charge in [0.05, 0.1) is 16.8 Å². The molecule has 0 fully saturated rings. The number of nitrogens with zero attached hydrogens (tertiary/aromatic N) is 1. The van der Waals surface area contributed by atoms with E-state index in [0.29, 0.717) is 21.6 Å². The topological polar surface area (TPSA) is 76.4 Å². The first kappa shape index (κ1) is 17.5. The van der Waals surface area contributed by atoms with Gasteiger partial charge in [-0.3, -0.25) is 4.79 Å². The van der Waals surface area contributed by atoms with Crippen LogP contribution >= 0.6 is 11.6 Å². The van der Waals surface area contributed by atoms with Crippen molar-refractivity contribution in [1.82, 2.24) is 3.97 Å². The molecule has 0 unspecified atom stereocenters. The Bertz CT molecular complexity index is 1050. The number of carbonyl (C=O) groups is 1. The van der Waals surface area contributed by atoms with E-state index < -0.39 is 16.0 Å². The van der Waals surface area contributed by atoms with Crippen LogP contribution in [0.15, 0.2) is 53.4 Å². The van der Waals surface area contributed by atoms with Crippen LogP contribution in [0, 0.1) is 6.92 Å². The Labute approximate surface area is 150 Å². The van der Waals surface area contributed by atoms with E-state index >= 15 is 0 Å². The first-order valence-electron chi connectivity index (χ1n) is 7.63.